The van der Waals surface area contributed by atoms with E-state index in [-0.39, 0.29) is 0 Å². The van der Waals surface area contributed by atoms with Gasteiger partial charge in [0.2, 0.25) is 0 Å². The molecule has 0 unspecified atom stereocenters. The van der Waals surface area contributed by atoms with E-state index in [9.17, 15) is 4.39 Å². The van der Waals surface area contributed by atoms with E-state index in [1.165, 1.54) is 0 Å². The van der Waals surface area contributed by atoms with Crippen LogP contribution in [0.15, 0.2) is 0 Å². The topological polar surface area (TPSA) is 3.24 Å². The second-order valence-electron chi connectivity index (χ2n) is 2.23. The van der Waals surface area contributed by atoms with Gasteiger partial charge in [-0.15, -0.1) is 0 Å². The van der Waals surface area contributed by atoms with Crippen molar-refractivity contribution >= 4 is 11.6 Å². The highest BCUT2D eigenvalue weighted by Gasteiger charge is 2.13. The Labute approximate surface area is 67.2 Å². The molecular formula is C7H14ClFN. The van der Waals surface area contributed by atoms with Crippen molar-refractivity contribution in [2.45, 2.75) is 26.7 Å². The molecule has 0 bridgehead atoms. The summed E-state index contributed by atoms with van der Waals surface area (Å²) in [6.45, 7) is 5.43. The minimum Gasteiger partial charge on any atom is -0.253 e. The largest absolute Gasteiger partial charge is 0.302 e. The second-order valence-corrected chi connectivity index (χ2v) is 2.54. The zero-order valence-electron chi connectivity index (χ0n) is 6.53. The average molecular weight is 167 g/mol. The third-order valence-electron chi connectivity index (χ3n) is 1.23. The second kappa shape index (κ2) is 5.93. The standard InChI is InChI=1S/C7H14ClFN/c1-3-5-10(6-4-2)7(8)9/h3-6H2,1-2H3. The Kier molecular flexibility index (Phi) is 6.03. The highest BCUT2D eigenvalue weighted by atomic mass is 35.5. The first-order valence-corrected chi connectivity index (χ1v) is 4.03. The van der Waals surface area contributed by atoms with Gasteiger partial charge in [-0.25, -0.2) is 4.39 Å². The summed E-state index contributed by atoms with van der Waals surface area (Å²) in [4.78, 5) is 1.54. The lowest BCUT2D eigenvalue weighted by Crippen LogP contribution is -2.24. The molecule has 0 amide bonds. The first-order chi connectivity index (χ1) is 4.72. The summed E-state index contributed by atoms with van der Waals surface area (Å²) in [6.07, 6.45) is 1.86. The number of nitrogens with zero attached hydrogens (tertiary/aromatic N) is 1. The summed E-state index contributed by atoms with van der Waals surface area (Å²) in [7, 11) is 0. The van der Waals surface area contributed by atoms with Gasteiger partial charge < -0.3 is 0 Å². The van der Waals surface area contributed by atoms with Crippen LogP contribution in [0, 0.1) is 5.75 Å². The lowest BCUT2D eigenvalue weighted by molar-refractivity contribution is 0.234. The van der Waals surface area contributed by atoms with E-state index in [2.05, 4.69) is 0 Å². The Morgan fingerprint density at radius 2 is 1.70 bits per heavy atom. The molecule has 0 fully saturated rings. The summed E-state index contributed by atoms with van der Waals surface area (Å²) >= 11 is 5.18. The molecule has 0 spiro atoms. The van der Waals surface area contributed by atoms with E-state index in [1.807, 2.05) is 13.8 Å². The molecule has 0 aromatic rings. The predicted octanol–water partition coefficient (Wildman–Crippen LogP) is 2.76. The average Bonchev–Trinajstić information content (AvgIpc) is 1.87. The first kappa shape index (κ1) is 10.2. The number of halogens is 2. The van der Waals surface area contributed by atoms with Crippen LogP contribution in [0.3, 0.4) is 0 Å². The predicted molar refractivity (Wildman–Crippen MR) is 42.4 cm³/mol. The number of hydrogen-bond donors (Lipinski definition) is 0. The van der Waals surface area contributed by atoms with Gasteiger partial charge in [-0.2, -0.15) is 0 Å². The number of rotatable bonds is 5. The van der Waals surface area contributed by atoms with Crippen molar-refractivity contribution in [2.24, 2.45) is 0 Å². The van der Waals surface area contributed by atoms with Gasteiger partial charge in [0.05, 0.1) is 0 Å². The highest BCUT2D eigenvalue weighted by Crippen LogP contribution is 2.15. The molecular weight excluding hydrogens is 153 g/mol. The Morgan fingerprint density at radius 3 is 1.90 bits per heavy atom. The van der Waals surface area contributed by atoms with Crippen molar-refractivity contribution in [2.75, 3.05) is 13.1 Å². The van der Waals surface area contributed by atoms with Gasteiger partial charge in [-0.05, 0) is 12.8 Å². The highest BCUT2D eigenvalue weighted by molar-refractivity contribution is 6.25. The third-order valence-corrected chi connectivity index (χ3v) is 1.47. The maximum atomic E-state index is 12.3. The molecule has 0 rings (SSSR count). The number of hydrogen-bond acceptors (Lipinski definition) is 1. The zero-order valence-corrected chi connectivity index (χ0v) is 7.29. The van der Waals surface area contributed by atoms with E-state index < -0.39 is 5.75 Å². The molecule has 0 saturated carbocycles. The molecule has 3 heteroatoms. The van der Waals surface area contributed by atoms with E-state index in [1.54, 1.807) is 4.90 Å². The van der Waals surface area contributed by atoms with Crippen LogP contribution in [0.2, 0.25) is 0 Å². The van der Waals surface area contributed by atoms with Crippen LogP contribution in [-0.4, -0.2) is 18.0 Å². The van der Waals surface area contributed by atoms with Crippen LogP contribution >= 0.6 is 11.6 Å². The fraction of sp³-hybridized carbons (Fsp3) is 0.857. The van der Waals surface area contributed by atoms with Gasteiger partial charge in [0, 0.05) is 13.1 Å². The zero-order chi connectivity index (χ0) is 7.98. The molecule has 0 aliphatic heterocycles. The minimum absolute atomic E-state index is 0.580. The van der Waals surface area contributed by atoms with Crippen LogP contribution in [0.4, 0.5) is 4.39 Å². The normalized spacial score (nSPS) is 11.4. The van der Waals surface area contributed by atoms with Crippen molar-refractivity contribution in [1.29, 1.82) is 0 Å². The van der Waals surface area contributed by atoms with Crippen LogP contribution in [-0.2, 0) is 0 Å². The van der Waals surface area contributed by atoms with Crippen LogP contribution in [0.5, 0.6) is 0 Å². The fourth-order valence-electron chi connectivity index (χ4n) is 0.821. The first-order valence-electron chi connectivity index (χ1n) is 3.65. The van der Waals surface area contributed by atoms with Crippen LogP contribution < -0.4 is 0 Å². The monoisotopic (exact) mass is 166 g/mol. The van der Waals surface area contributed by atoms with Crippen molar-refractivity contribution in [1.82, 2.24) is 4.90 Å². The lowest BCUT2D eigenvalue weighted by Gasteiger charge is -2.18. The molecule has 0 aromatic heterocycles. The quantitative estimate of drug-likeness (QED) is 0.568. The van der Waals surface area contributed by atoms with Gasteiger partial charge >= 0.3 is 5.75 Å². The molecule has 1 radical (unpaired) electrons. The molecule has 0 atom stereocenters. The van der Waals surface area contributed by atoms with Crippen LogP contribution in [0.1, 0.15) is 26.7 Å². The molecule has 0 aromatic carbocycles. The van der Waals surface area contributed by atoms with Crippen molar-refractivity contribution in [3.05, 3.63) is 5.75 Å². The summed E-state index contributed by atoms with van der Waals surface area (Å²) in [5.41, 5.74) is 0. The Morgan fingerprint density at radius 1 is 1.30 bits per heavy atom. The Hall–Kier alpha value is 0.180. The van der Waals surface area contributed by atoms with E-state index in [4.69, 9.17) is 11.6 Å². The van der Waals surface area contributed by atoms with Gasteiger partial charge in [0.25, 0.3) is 0 Å². The summed E-state index contributed by atoms with van der Waals surface area (Å²) in [5, 5.41) is 0. The third kappa shape index (κ3) is 4.07. The van der Waals surface area contributed by atoms with Gasteiger partial charge in [-0.3, -0.25) is 4.90 Å². The lowest BCUT2D eigenvalue weighted by atomic mass is 10.4. The van der Waals surface area contributed by atoms with Crippen molar-refractivity contribution in [3.63, 3.8) is 0 Å². The van der Waals surface area contributed by atoms with Crippen LogP contribution in [0.25, 0.3) is 0 Å². The molecule has 61 valence electrons. The molecule has 0 N–H and O–H groups in total. The molecule has 0 saturated heterocycles. The van der Waals surface area contributed by atoms with E-state index >= 15 is 0 Å². The molecule has 10 heavy (non-hydrogen) atoms. The molecule has 1 nitrogen and oxygen atoms in total. The van der Waals surface area contributed by atoms with Gasteiger partial charge in [-0.1, -0.05) is 25.4 Å². The molecule has 0 heterocycles. The maximum absolute atomic E-state index is 12.3. The molecule has 0 aliphatic carbocycles. The summed E-state index contributed by atoms with van der Waals surface area (Å²) in [6, 6.07) is 0. The fourth-order valence-corrected chi connectivity index (χ4v) is 0.990. The van der Waals surface area contributed by atoms with E-state index in [0.717, 1.165) is 12.8 Å². The van der Waals surface area contributed by atoms with E-state index in [0.29, 0.717) is 13.1 Å². The van der Waals surface area contributed by atoms with Crippen molar-refractivity contribution < 1.29 is 4.39 Å². The SMILES string of the molecule is CCCN(CCC)[C](F)Cl. The smallest absolute Gasteiger partial charge is 0.253 e. The summed E-state index contributed by atoms with van der Waals surface area (Å²) in [5.74, 6) is -0.580. The Bertz CT molecular complexity index is 72.0. The minimum atomic E-state index is -0.580. The molecule has 0 aliphatic rings. The maximum Gasteiger partial charge on any atom is 0.302 e. The Balaban J connectivity index is 3.50. The van der Waals surface area contributed by atoms with Gasteiger partial charge in [0.1, 0.15) is 0 Å². The van der Waals surface area contributed by atoms with Gasteiger partial charge in [0.15, 0.2) is 0 Å². The van der Waals surface area contributed by atoms with Crippen molar-refractivity contribution in [3.8, 4) is 0 Å². The summed E-state index contributed by atoms with van der Waals surface area (Å²) < 4.78 is 12.3.